The highest BCUT2D eigenvalue weighted by Gasteiger charge is 2.11. The zero-order valence-electron chi connectivity index (χ0n) is 9.18. The zero-order chi connectivity index (χ0) is 11.3. The van der Waals surface area contributed by atoms with Gasteiger partial charge in [0.15, 0.2) is 0 Å². The minimum atomic E-state index is -0.259. The molecule has 15 heavy (non-hydrogen) atoms. The van der Waals surface area contributed by atoms with Crippen LogP contribution >= 0.6 is 0 Å². The number of hydrogen-bond acceptors (Lipinski definition) is 1. The van der Waals surface area contributed by atoms with Gasteiger partial charge in [0.25, 0.3) is 0 Å². The molecule has 0 amide bonds. The third-order valence-electron chi connectivity index (χ3n) is 2.38. The third kappa shape index (κ3) is 3.07. The van der Waals surface area contributed by atoms with E-state index in [9.17, 15) is 4.39 Å². The zero-order valence-corrected chi connectivity index (χ0v) is 9.18. The molecule has 1 atom stereocenters. The van der Waals surface area contributed by atoms with Crippen LogP contribution in [0.4, 0.5) is 4.39 Å². The van der Waals surface area contributed by atoms with Crippen molar-refractivity contribution in [3.63, 3.8) is 0 Å². The quantitative estimate of drug-likeness (QED) is 0.754. The maximum absolute atomic E-state index is 13.6. The summed E-state index contributed by atoms with van der Waals surface area (Å²) in [5.74, 6) is 5.55. The molecule has 1 aromatic carbocycles. The maximum atomic E-state index is 13.6. The van der Waals surface area contributed by atoms with E-state index in [2.05, 4.69) is 11.8 Å². The molecule has 0 heterocycles. The molecule has 1 aromatic rings. The van der Waals surface area contributed by atoms with E-state index in [1.165, 1.54) is 0 Å². The topological polar surface area (TPSA) is 26.0 Å². The summed E-state index contributed by atoms with van der Waals surface area (Å²) in [6.45, 7) is 3.54. The summed E-state index contributed by atoms with van der Waals surface area (Å²) >= 11 is 0. The molecule has 2 heteroatoms. The lowest BCUT2D eigenvalue weighted by atomic mass is 10.0. The summed E-state index contributed by atoms with van der Waals surface area (Å²) in [5.41, 5.74) is 7.13. The molecule has 1 unspecified atom stereocenters. The standard InChI is InChI=1S/C13H16FN/c1-3-4-5-9-12(15)11-8-6-7-10(2)13(11)14/h6-8,12H,5,9,15H2,1-2H3. The van der Waals surface area contributed by atoms with Crippen LogP contribution in [0, 0.1) is 24.6 Å². The van der Waals surface area contributed by atoms with E-state index < -0.39 is 0 Å². The molecule has 2 N–H and O–H groups in total. The van der Waals surface area contributed by atoms with Gasteiger partial charge in [-0.3, -0.25) is 0 Å². The molecule has 0 fully saturated rings. The van der Waals surface area contributed by atoms with Gasteiger partial charge >= 0.3 is 0 Å². The number of aryl methyl sites for hydroxylation is 1. The molecule has 1 nitrogen and oxygen atoms in total. The summed E-state index contributed by atoms with van der Waals surface area (Å²) < 4.78 is 13.6. The summed E-state index contributed by atoms with van der Waals surface area (Å²) in [5, 5.41) is 0. The second-order valence-electron chi connectivity index (χ2n) is 3.55. The molecule has 0 bridgehead atoms. The SMILES string of the molecule is CC#CCCC(N)c1cccc(C)c1F. The van der Waals surface area contributed by atoms with Gasteiger partial charge in [-0.25, -0.2) is 4.39 Å². The Bertz CT molecular complexity index is 387. The van der Waals surface area contributed by atoms with E-state index in [0.29, 0.717) is 24.0 Å². The molecule has 0 aliphatic rings. The fraction of sp³-hybridized carbons (Fsp3) is 0.385. The Balaban J connectivity index is 2.76. The predicted molar refractivity (Wildman–Crippen MR) is 60.7 cm³/mol. The first-order chi connectivity index (χ1) is 7.16. The van der Waals surface area contributed by atoms with Crippen LogP contribution in [0.25, 0.3) is 0 Å². The van der Waals surface area contributed by atoms with Crippen LogP contribution in [0.15, 0.2) is 18.2 Å². The van der Waals surface area contributed by atoms with Gasteiger partial charge in [-0.1, -0.05) is 18.2 Å². The molecule has 0 aliphatic carbocycles. The molecule has 0 radical (unpaired) electrons. The van der Waals surface area contributed by atoms with E-state index >= 15 is 0 Å². The van der Waals surface area contributed by atoms with Crippen LogP contribution in [0.3, 0.4) is 0 Å². The lowest BCUT2D eigenvalue weighted by Gasteiger charge is -2.12. The number of rotatable bonds is 3. The van der Waals surface area contributed by atoms with Crippen molar-refractivity contribution in [2.24, 2.45) is 5.73 Å². The lowest BCUT2D eigenvalue weighted by molar-refractivity contribution is 0.561. The smallest absolute Gasteiger partial charge is 0.130 e. The largest absolute Gasteiger partial charge is 0.324 e. The highest BCUT2D eigenvalue weighted by atomic mass is 19.1. The summed E-state index contributed by atoms with van der Waals surface area (Å²) in [4.78, 5) is 0. The van der Waals surface area contributed by atoms with Crippen molar-refractivity contribution in [3.8, 4) is 11.8 Å². The van der Waals surface area contributed by atoms with E-state index in [1.807, 2.05) is 6.07 Å². The third-order valence-corrected chi connectivity index (χ3v) is 2.38. The first kappa shape index (κ1) is 11.7. The number of benzene rings is 1. The van der Waals surface area contributed by atoms with Crippen molar-refractivity contribution in [3.05, 3.63) is 35.1 Å². The fourth-order valence-electron chi connectivity index (χ4n) is 1.46. The van der Waals surface area contributed by atoms with E-state index in [4.69, 9.17) is 5.73 Å². The molecule has 0 aromatic heterocycles. The molecular formula is C13H16FN. The fourth-order valence-corrected chi connectivity index (χ4v) is 1.46. The van der Waals surface area contributed by atoms with Crippen molar-refractivity contribution < 1.29 is 4.39 Å². The van der Waals surface area contributed by atoms with Gasteiger partial charge in [0, 0.05) is 18.0 Å². The van der Waals surface area contributed by atoms with Gasteiger partial charge in [-0.15, -0.1) is 11.8 Å². The van der Waals surface area contributed by atoms with E-state index in [1.54, 1.807) is 26.0 Å². The highest BCUT2D eigenvalue weighted by Crippen LogP contribution is 2.21. The van der Waals surface area contributed by atoms with Crippen molar-refractivity contribution in [1.29, 1.82) is 0 Å². The number of nitrogens with two attached hydrogens (primary N) is 1. The average Bonchev–Trinajstić information content (AvgIpc) is 2.22. The lowest BCUT2D eigenvalue weighted by Crippen LogP contribution is -2.12. The van der Waals surface area contributed by atoms with Gasteiger partial charge in [0.05, 0.1) is 0 Å². The summed E-state index contributed by atoms with van der Waals surface area (Å²) in [7, 11) is 0. The summed E-state index contributed by atoms with van der Waals surface area (Å²) in [6, 6.07) is 5.06. The van der Waals surface area contributed by atoms with Crippen molar-refractivity contribution in [1.82, 2.24) is 0 Å². The van der Waals surface area contributed by atoms with Crippen molar-refractivity contribution in [2.45, 2.75) is 32.7 Å². The molecule has 1 rings (SSSR count). The Morgan fingerprint density at radius 1 is 1.47 bits per heavy atom. The Labute approximate surface area is 90.5 Å². The summed E-state index contributed by atoms with van der Waals surface area (Å²) in [6.07, 6.45) is 1.41. The second-order valence-corrected chi connectivity index (χ2v) is 3.55. The van der Waals surface area contributed by atoms with Gasteiger partial charge in [0.1, 0.15) is 5.82 Å². The molecule has 80 valence electrons. The monoisotopic (exact) mass is 205 g/mol. The predicted octanol–water partition coefficient (Wildman–Crippen LogP) is 2.94. The van der Waals surface area contributed by atoms with Gasteiger partial charge < -0.3 is 5.73 Å². The molecular weight excluding hydrogens is 189 g/mol. The Morgan fingerprint density at radius 2 is 2.20 bits per heavy atom. The number of halogens is 1. The van der Waals surface area contributed by atoms with Crippen molar-refractivity contribution in [2.75, 3.05) is 0 Å². The van der Waals surface area contributed by atoms with Crippen LogP contribution in [0.5, 0.6) is 0 Å². The average molecular weight is 205 g/mol. The minimum absolute atomic E-state index is 0.186. The maximum Gasteiger partial charge on any atom is 0.130 e. The molecule has 0 spiro atoms. The Kier molecular flexibility index (Phi) is 4.33. The normalized spacial score (nSPS) is 11.7. The van der Waals surface area contributed by atoms with E-state index in [0.717, 1.165) is 0 Å². The van der Waals surface area contributed by atoms with Crippen LogP contribution in [-0.4, -0.2) is 0 Å². The van der Waals surface area contributed by atoms with E-state index in [-0.39, 0.29) is 11.9 Å². The minimum Gasteiger partial charge on any atom is -0.324 e. The Morgan fingerprint density at radius 3 is 2.87 bits per heavy atom. The van der Waals surface area contributed by atoms with Crippen molar-refractivity contribution >= 4 is 0 Å². The number of hydrogen-bond donors (Lipinski definition) is 1. The van der Waals surface area contributed by atoms with Crippen LogP contribution < -0.4 is 5.73 Å². The highest BCUT2D eigenvalue weighted by molar-refractivity contribution is 5.27. The van der Waals surface area contributed by atoms with Gasteiger partial charge in [-0.2, -0.15) is 0 Å². The van der Waals surface area contributed by atoms with Crippen LogP contribution in [0.1, 0.15) is 36.9 Å². The first-order valence-electron chi connectivity index (χ1n) is 5.07. The Hall–Kier alpha value is -1.33. The molecule has 0 saturated heterocycles. The first-order valence-corrected chi connectivity index (χ1v) is 5.07. The van der Waals surface area contributed by atoms with Gasteiger partial charge in [-0.05, 0) is 25.8 Å². The molecule has 0 aliphatic heterocycles. The van der Waals surface area contributed by atoms with Crippen LogP contribution in [-0.2, 0) is 0 Å². The van der Waals surface area contributed by atoms with Crippen LogP contribution in [0.2, 0.25) is 0 Å². The molecule has 0 saturated carbocycles. The second kappa shape index (κ2) is 5.53. The van der Waals surface area contributed by atoms with Gasteiger partial charge in [0.2, 0.25) is 0 Å².